The van der Waals surface area contributed by atoms with Gasteiger partial charge in [0.15, 0.2) is 0 Å². The number of aryl methyl sites for hydroxylation is 1. The molecule has 0 aromatic heterocycles. The van der Waals surface area contributed by atoms with Crippen LogP contribution < -0.4 is 5.32 Å². The van der Waals surface area contributed by atoms with Gasteiger partial charge in [-0.05, 0) is 43.0 Å². The number of nitrogens with one attached hydrogen (secondary N) is 1. The molecule has 0 bridgehead atoms. The predicted octanol–water partition coefficient (Wildman–Crippen LogP) is 3.23. The summed E-state index contributed by atoms with van der Waals surface area (Å²) in [5.41, 5.74) is 2.91. The van der Waals surface area contributed by atoms with Crippen LogP contribution in [0.2, 0.25) is 0 Å². The summed E-state index contributed by atoms with van der Waals surface area (Å²) in [7, 11) is 0. The summed E-state index contributed by atoms with van der Waals surface area (Å²) in [6.45, 7) is 4.49. The highest BCUT2D eigenvalue weighted by molar-refractivity contribution is 5.94. The maximum atomic E-state index is 11.8. The van der Waals surface area contributed by atoms with Crippen molar-refractivity contribution in [1.29, 1.82) is 0 Å². The van der Waals surface area contributed by atoms with Crippen LogP contribution in [0.3, 0.4) is 0 Å². The van der Waals surface area contributed by atoms with Crippen molar-refractivity contribution in [3.63, 3.8) is 0 Å². The molecule has 0 aliphatic rings. The first-order valence-electron chi connectivity index (χ1n) is 6.50. The Balaban J connectivity index is 1.74. The van der Waals surface area contributed by atoms with Crippen molar-refractivity contribution < 1.29 is 4.79 Å². The fourth-order valence-corrected chi connectivity index (χ4v) is 1.90. The smallest absolute Gasteiger partial charge is 0.251 e. The lowest BCUT2D eigenvalue weighted by molar-refractivity contribution is 0.0953. The molecule has 0 saturated heterocycles. The van der Waals surface area contributed by atoms with Crippen LogP contribution in [-0.2, 0) is 6.42 Å². The van der Waals surface area contributed by atoms with Crippen LogP contribution in [-0.4, -0.2) is 12.5 Å². The Hall–Kier alpha value is -2.09. The predicted molar refractivity (Wildman–Crippen MR) is 78.0 cm³/mol. The van der Waals surface area contributed by atoms with Crippen LogP contribution >= 0.6 is 0 Å². The molecule has 0 heterocycles. The first-order chi connectivity index (χ1) is 9.25. The Labute approximate surface area is 114 Å². The highest BCUT2D eigenvalue weighted by atomic mass is 16.1. The molecule has 0 aliphatic carbocycles. The van der Waals surface area contributed by atoms with Gasteiger partial charge in [-0.15, -0.1) is 0 Å². The number of carbonyl (C=O) groups is 1. The third-order valence-corrected chi connectivity index (χ3v) is 2.99. The summed E-state index contributed by atoms with van der Waals surface area (Å²) in [6.07, 6.45) is 1.93. The second-order valence-corrected chi connectivity index (χ2v) is 4.54. The van der Waals surface area contributed by atoms with E-state index in [2.05, 4.69) is 24.4 Å². The van der Waals surface area contributed by atoms with Gasteiger partial charge >= 0.3 is 0 Å². The maximum absolute atomic E-state index is 11.8. The molecule has 0 spiro atoms. The lowest BCUT2D eigenvalue weighted by Crippen LogP contribution is -2.24. The minimum absolute atomic E-state index is 0.0203. The average molecular weight is 252 g/mol. The van der Waals surface area contributed by atoms with Gasteiger partial charge in [0.05, 0.1) is 0 Å². The van der Waals surface area contributed by atoms with Crippen LogP contribution in [0.4, 0.5) is 0 Å². The zero-order valence-electron chi connectivity index (χ0n) is 10.9. The van der Waals surface area contributed by atoms with Gasteiger partial charge in [-0.3, -0.25) is 4.79 Å². The topological polar surface area (TPSA) is 29.1 Å². The van der Waals surface area contributed by atoms with E-state index >= 15 is 0 Å². The second-order valence-electron chi connectivity index (χ2n) is 4.54. The minimum atomic E-state index is -0.0203. The second kappa shape index (κ2) is 6.74. The van der Waals surface area contributed by atoms with Gasteiger partial charge in [-0.25, -0.2) is 0 Å². The number of hydrogen-bond donors (Lipinski definition) is 1. The summed E-state index contributed by atoms with van der Waals surface area (Å²) in [5.74, 6) is -0.0203. The van der Waals surface area contributed by atoms with E-state index in [0.29, 0.717) is 12.1 Å². The molecule has 1 N–H and O–H groups in total. The lowest BCUT2D eigenvalue weighted by atomic mass is 10.1. The number of carbonyl (C=O) groups excluding carboxylic acids is 1. The monoisotopic (exact) mass is 252 g/mol. The number of amides is 1. The Morgan fingerprint density at radius 3 is 2.37 bits per heavy atom. The van der Waals surface area contributed by atoms with Crippen molar-refractivity contribution in [2.75, 3.05) is 6.54 Å². The maximum Gasteiger partial charge on any atom is 0.251 e. The molecule has 2 rings (SSSR count). The first-order valence-corrected chi connectivity index (χ1v) is 6.50. The van der Waals surface area contributed by atoms with Crippen molar-refractivity contribution in [2.24, 2.45) is 0 Å². The standard InChI is InChI=1S/C17H18NO/c1-14-9-11-16(12-10-14)17(19)18-13-5-8-15-6-3-2-4-7-15/h2-4,6-7,9-12H,1,5,8,13H2,(H,18,19). The summed E-state index contributed by atoms with van der Waals surface area (Å²) < 4.78 is 0. The molecule has 0 aliphatic heterocycles. The van der Waals surface area contributed by atoms with Crippen LogP contribution in [0, 0.1) is 6.92 Å². The van der Waals surface area contributed by atoms with Crippen molar-refractivity contribution in [3.05, 3.63) is 78.2 Å². The largest absolute Gasteiger partial charge is 0.352 e. The Bertz CT molecular complexity index is 517. The van der Waals surface area contributed by atoms with Crippen molar-refractivity contribution in [3.8, 4) is 0 Å². The molecule has 2 nitrogen and oxygen atoms in total. The zero-order valence-corrected chi connectivity index (χ0v) is 10.9. The third-order valence-electron chi connectivity index (χ3n) is 2.99. The molecule has 2 heteroatoms. The van der Waals surface area contributed by atoms with Crippen LogP contribution in [0.5, 0.6) is 0 Å². The Kier molecular flexibility index (Phi) is 4.73. The molecule has 0 saturated carbocycles. The normalized spacial score (nSPS) is 10.2. The van der Waals surface area contributed by atoms with E-state index in [9.17, 15) is 4.79 Å². The zero-order chi connectivity index (χ0) is 13.5. The average Bonchev–Trinajstić information content (AvgIpc) is 2.45. The number of rotatable bonds is 5. The molecular formula is C17H18NO. The Morgan fingerprint density at radius 1 is 1.00 bits per heavy atom. The Morgan fingerprint density at radius 2 is 1.68 bits per heavy atom. The number of benzene rings is 2. The lowest BCUT2D eigenvalue weighted by Gasteiger charge is -2.05. The van der Waals surface area contributed by atoms with Gasteiger partial charge in [0.25, 0.3) is 5.91 Å². The van der Waals surface area contributed by atoms with Gasteiger partial charge in [-0.2, -0.15) is 0 Å². The molecule has 19 heavy (non-hydrogen) atoms. The quantitative estimate of drug-likeness (QED) is 0.813. The van der Waals surface area contributed by atoms with E-state index < -0.39 is 0 Å². The van der Waals surface area contributed by atoms with E-state index in [-0.39, 0.29) is 5.91 Å². The SMILES string of the molecule is [CH2]c1ccc(C(=O)NCCCc2ccccc2)cc1. The molecule has 0 unspecified atom stereocenters. The molecule has 1 amide bonds. The van der Waals surface area contributed by atoms with E-state index in [1.165, 1.54) is 5.56 Å². The van der Waals surface area contributed by atoms with E-state index in [1.54, 1.807) is 12.1 Å². The van der Waals surface area contributed by atoms with Crippen LogP contribution in [0.15, 0.2) is 54.6 Å². The van der Waals surface area contributed by atoms with Gasteiger partial charge in [0.1, 0.15) is 0 Å². The van der Waals surface area contributed by atoms with Gasteiger partial charge in [-0.1, -0.05) is 42.5 Å². The molecule has 1 radical (unpaired) electrons. The first kappa shape index (κ1) is 13.3. The van der Waals surface area contributed by atoms with Crippen molar-refractivity contribution in [2.45, 2.75) is 12.8 Å². The molecule has 2 aromatic carbocycles. The van der Waals surface area contributed by atoms with E-state index in [0.717, 1.165) is 18.4 Å². The number of hydrogen-bond acceptors (Lipinski definition) is 1. The molecule has 0 fully saturated rings. The fourth-order valence-electron chi connectivity index (χ4n) is 1.90. The van der Waals surface area contributed by atoms with Gasteiger partial charge in [0, 0.05) is 12.1 Å². The fraction of sp³-hybridized carbons (Fsp3) is 0.176. The van der Waals surface area contributed by atoms with Gasteiger partial charge in [0.2, 0.25) is 0 Å². The highest BCUT2D eigenvalue weighted by Crippen LogP contribution is 2.04. The molecule has 97 valence electrons. The minimum Gasteiger partial charge on any atom is -0.352 e. The summed E-state index contributed by atoms with van der Waals surface area (Å²) in [4.78, 5) is 11.8. The molecular weight excluding hydrogens is 234 g/mol. The summed E-state index contributed by atoms with van der Waals surface area (Å²) >= 11 is 0. The highest BCUT2D eigenvalue weighted by Gasteiger charge is 2.03. The van der Waals surface area contributed by atoms with E-state index in [1.807, 2.05) is 30.3 Å². The summed E-state index contributed by atoms with van der Waals surface area (Å²) in [6, 6.07) is 17.6. The van der Waals surface area contributed by atoms with Crippen LogP contribution in [0.25, 0.3) is 0 Å². The summed E-state index contributed by atoms with van der Waals surface area (Å²) in [5, 5.41) is 2.93. The molecule has 2 aromatic rings. The molecule has 0 atom stereocenters. The van der Waals surface area contributed by atoms with Crippen LogP contribution in [0.1, 0.15) is 27.9 Å². The van der Waals surface area contributed by atoms with E-state index in [4.69, 9.17) is 0 Å². The third kappa shape index (κ3) is 4.25. The van der Waals surface area contributed by atoms with Gasteiger partial charge < -0.3 is 5.32 Å². The van der Waals surface area contributed by atoms with Crippen molar-refractivity contribution >= 4 is 5.91 Å². The van der Waals surface area contributed by atoms with Crippen molar-refractivity contribution in [1.82, 2.24) is 5.32 Å².